The molecular formula is C27H27N3O5S. The van der Waals surface area contributed by atoms with Gasteiger partial charge in [-0.2, -0.15) is 0 Å². The third-order valence-electron chi connectivity index (χ3n) is 5.67. The summed E-state index contributed by atoms with van der Waals surface area (Å²) in [6.07, 6.45) is 4.92. The van der Waals surface area contributed by atoms with Crippen molar-refractivity contribution in [2.75, 3.05) is 13.2 Å². The van der Waals surface area contributed by atoms with E-state index >= 15 is 0 Å². The number of rotatable bonds is 10. The highest BCUT2D eigenvalue weighted by molar-refractivity contribution is 7.14. The van der Waals surface area contributed by atoms with Gasteiger partial charge in [-0.3, -0.25) is 14.6 Å². The normalized spacial score (nSPS) is 15.4. The second kappa shape index (κ2) is 10.7. The van der Waals surface area contributed by atoms with Crippen LogP contribution >= 0.6 is 11.3 Å². The van der Waals surface area contributed by atoms with Gasteiger partial charge in [-0.15, -0.1) is 11.3 Å². The first-order valence-corrected chi connectivity index (χ1v) is 12.3. The van der Waals surface area contributed by atoms with Crippen LogP contribution in [-0.2, 0) is 11.3 Å². The summed E-state index contributed by atoms with van der Waals surface area (Å²) < 4.78 is 11.5. The van der Waals surface area contributed by atoms with E-state index in [-0.39, 0.29) is 12.1 Å². The highest BCUT2D eigenvalue weighted by Gasteiger charge is 2.44. The molecule has 1 amide bonds. The van der Waals surface area contributed by atoms with Gasteiger partial charge < -0.3 is 19.5 Å². The first kappa shape index (κ1) is 25.1. The molecule has 0 aliphatic carbocycles. The Morgan fingerprint density at radius 2 is 2.06 bits per heavy atom. The van der Waals surface area contributed by atoms with Crippen LogP contribution in [0.3, 0.4) is 0 Å². The molecule has 2 aromatic heterocycles. The Labute approximate surface area is 213 Å². The number of aliphatic hydroxyl groups is 1. The number of hydrogen-bond donors (Lipinski definition) is 1. The molecule has 0 radical (unpaired) electrons. The fourth-order valence-electron chi connectivity index (χ4n) is 4.18. The molecule has 3 heterocycles. The number of aliphatic hydroxyl groups excluding tert-OH is 1. The van der Waals surface area contributed by atoms with Crippen LogP contribution in [0.2, 0.25) is 0 Å². The molecule has 1 aliphatic rings. The molecule has 4 rings (SSSR count). The number of ether oxygens (including phenoxy) is 2. The zero-order valence-corrected chi connectivity index (χ0v) is 21.2. The first-order chi connectivity index (χ1) is 17.3. The van der Waals surface area contributed by atoms with E-state index in [0.29, 0.717) is 40.8 Å². The van der Waals surface area contributed by atoms with Gasteiger partial charge in [-0.1, -0.05) is 24.8 Å². The molecule has 9 heteroatoms. The second-order valence-corrected chi connectivity index (χ2v) is 9.38. The van der Waals surface area contributed by atoms with Crippen molar-refractivity contribution in [1.29, 1.82) is 0 Å². The zero-order valence-electron chi connectivity index (χ0n) is 20.4. The average molecular weight is 506 g/mol. The SMILES string of the molecule is C=CCOc1ccc(C2C(C(=O)c3sc(C)nc3C)=C(O)C(=O)N2Cc2cccnc2)cc1OCC. The maximum absolute atomic E-state index is 13.7. The number of hydrogen-bond acceptors (Lipinski definition) is 8. The predicted molar refractivity (Wildman–Crippen MR) is 136 cm³/mol. The smallest absolute Gasteiger partial charge is 0.290 e. The van der Waals surface area contributed by atoms with Gasteiger partial charge in [0.15, 0.2) is 17.3 Å². The van der Waals surface area contributed by atoms with Gasteiger partial charge in [0, 0.05) is 18.9 Å². The number of Topliss-reactive ketones (excluding diaryl/α,β-unsaturated/α-hetero) is 1. The number of carbonyl (C=O) groups is 2. The average Bonchev–Trinajstić information content (AvgIpc) is 3.34. The van der Waals surface area contributed by atoms with E-state index in [1.807, 2.05) is 19.9 Å². The number of pyridine rings is 1. The molecule has 3 aromatic rings. The van der Waals surface area contributed by atoms with E-state index in [1.54, 1.807) is 49.7 Å². The lowest BCUT2D eigenvalue weighted by Gasteiger charge is -2.27. The number of amides is 1. The topological polar surface area (TPSA) is 102 Å². The van der Waals surface area contributed by atoms with Crippen LogP contribution in [0.4, 0.5) is 0 Å². The number of carbonyl (C=O) groups excluding carboxylic acids is 2. The van der Waals surface area contributed by atoms with Crippen LogP contribution in [0.15, 0.2) is 66.7 Å². The quantitative estimate of drug-likeness (QED) is 0.309. The van der Waals surface area contributed by atoms with E-state index in [1.165, 1.54) is 16.2 Å². The summed E-state index contributed by atoms with van der Waals surface area (Å²) in [5.41, 5.74) is 1.94. The summed E-state index contributed by atoms with van der Waals surface area (Å²) >= 11 is 1.24. The zero-order chi connectivity index (χ0) is 25.8. The maximum Gasteiger partial charge on any atom is 0.290 e. The van der Waals surface area contributed by atoms with Gasteiger partial charge in [0.05, 0.1) is 33.8 Å². The Morgan fingerprint density at radius 3 is 2.69 bits per heavy atom. The lowest BCUT2D eigenvalue weighted by Crippen LogP contribution is -2.30. The molecule has 1 N–H and O–H groups in total. The Balaban J connectivity index is 1.83. The molecule has 1 aliphatic heterocycles. The first-order valence-electron chi connectivity index (χ1n) is 11.5. The van der Waals surface area contributed by atoms with Gasteiger partial charge in [0.25, 0.3) is 5.91 Å². The molecule has 0 saturated heterocycles. The number of aromatic nitrogens is 2. The van der Waals surface area contributed by atoms with Crippen molar-refractivity contribution >= 4 is 23.0 Å². The highest BCUT2D eigenvalue weighted by Crippen LogP contribution is 2.43. The largest absolute Gasteiger partial charge is 0.503 e. The molecule has 0 bridgehead atoms. The molecule has 36 heavy (non-hydrogen) atoms. The maximum atomic E-state index is 13.7. The van der Waals surface area contributed by atoms with E-state index in [9.17, 15) is 14.7 Å². The Kier molecular flexibility index (Phi) is 7.49. The van der Waals surface area contributed by atoms with Gasteiger partial charge >= 0.3 is 0 Å². The number of benzene rings is 1. The van der Waals surface area contributed by atoms with Crippen molar-refractivity contribution in [1.82, 2.24) is 14.9 Å². The predicted octanol–water partition coefficient (Wildman–Crippen LogP) is 4.90. The summed E-state index contributed by atoms with van der Waals surface area (Å²) in [5, 5.41) is 11.7. The van der Waals surface area contributed by atoms with Crippen LogP contribution in [0.1, 0.15) is 44.5 Å². The molecule has 0 spiro atoms. The third-order valence-corrected chi connectivity index (χ3v) is 6.75. The summed E-state index contributed by atoms with van der Waals surface area (Å²) in [4.78, 5) is 37.4. The monoisotopic (exact) mass is 505 g/mol. The van der Waals surface area contributed by atoms with Gasteiger partial charge in [-0.05, 0) is 50.1 Å². The molecule has 186 valence electrons. The van der Waals surface area contributed by atoms with Crippen LogP contribution in [-0.4, -0.2) is 44.9 Å². The van der Waals surface area contributed by atoms with Gasteiger partial charge in [-0.25, -0.2) is 4.98 Å². The molecule has 1 atom stereocenters. The van der Waals surface area contributed by atoms with Crippen molar-refractivity contribution in [3.8, 4) is 11.5 Å². The van der Waals surface area contributed by atoms with Gasteiger partial charge in [0.2, 0.25) is 5.78 Å². The van der Waals surface area contributed by atoms with E-state index < -0.39 is 23.5 Å². The van der Waals surface area contributed by atoms with Crippen molar-refractivity contribution in [2.45, 2.75) is 33.4 Å². The van der Waals surface area contributed by atoms with Crippen molar-refractivity contribution in [2.24, 2.45) is 0 Å². The minimum absolute atomic E-state index is 0.0119. The number of thiazole rings is 1. The standard InChI is InChI=1S/C27H27N3O5S/c1-5-12-35-20-10-9-19(13-21(20)34-6-2)23-22(24(31)26-16(3)29-17(4)36-26)25(32)27(33)30(23)15-18-8-7-11-28-14-18/h5,7-11,13-14,23,32H,1,6,12,15H2,2-4H3. The summed E-state index contributed by atoms with van der Waals surface area (Å²) in [7, 11) is 0. The van der Waals surface area contributed by atoms with Crippen molar-refractivity contribution < 1.29 is 24.2 Å². The van der Waals surface area contributed by atoms with E-state index in [2.05, 4.69) is 16.5 Å². The second-order valence-electron chi connectivity index (χ2n) is 8.17. The summed E-state index contributed by atoms with van der Waals surface area (Å²) in [5.74, 6) is -0.639. The van der Waals surface area contributed by atoms with Crippen LogP contribution in [0.25, 0.3) is 0 Å². The number of ketones is 1. The van der Waals surface area contributed by atoms with E-state index in [0.717, 1.165) is 10.6 Å². The van der Waals surface area contributed by atoms with Crippen molar-refractivity contribution in [3.05, 3.63) is 93.4 Å². The van der Waals surface area contributed by atoms with E-state index in [4.69, 9.17) is 9.47 Å². The number of nitrogens with zero attached hydrogens (tertiary/aromatic N) is 3. The highest BCUT2D eigenvalue weighted by atomic mass is 32.1. The fourth-order valence-corrected chi connectivity index (χ4v) is 5.05. The molecule has 0 saturated carbocycles. The fraction of sp³-hybridized carbons (Fsp3) is 0.259. The Bertz CT molecular complexity index is 1330. The molecule has 8 nitrogen and oxygen atoms in total. The molecule has 1 aromatic carbocycles. The van der Waals surface area contributed by atoms with Crippen molar-refractivity contribution in [3.63, 3.8) is 0 Å². The minimum Gasteiger partial charge on any atom is -0.503 e. The molecule has 1 unspecified atom stereocenters. The summed E-state index contributed by atoms with van der Waals surface area (Å²) in [6.45, 7) is 9.92. The summed E-state index contributed by atoms with van der Waals surface area (Å²) in [6, 6.07) is 8.00. The lowest BCUT2D eigenvalue weighted by molar-refractivity contribution is -0.130. The van der Waals surface area contributed by atoms with Crippen LogP contribution < -0.4 is 9.47 Å². The molecule has 0 fully saturated rings. The molecular weight excluding hydrogens is 478 g/mol. The van der Waals surface area contributed by atoms with Crippen LogP contribution in [0.5, 0.6) is 11.5 Å². The number of aryl methyl sites for hydroxylation is 2. The van der Waals surface area contributed by atoms with Gasteiger partial charge in [0.1, 0.15) is 6.61 Å². The third kappa shape index (κ3) is 4.87. The minimum atomic E-state index is -0.848. The van der Waals surface area contributed by atoms with Crippen LogP contribution in [0, 0.1) is 13.8 Å². The Morgan fingerprint density at radius 1 is 1.25 bits per heavy atom. The Hall–Kier alpha value is -3.98. The lowest BCUT2D eigenvalue weighted by atomic mass is 9.94.